The summed E-state index contributed by atoms with van der Waals surface area (Å²) < 4.78 is 3.12. The van der Waals surface area contributed by atoms with Gasteiger partial charge in [0, 0.05) is 19.0 Å². The van der Waals surface area contributed by atoms with Crippen molar-refractivity contribution in [1.29, 1.82) is 0 Å². The topological polar surface area (TPSA) is 75.9 Å². The molecule has 1 aromatic carbocycles. The molecule has 162 valence electrons. The van der Waals surface area contributed by atoms with Crippen molar-refractivity contribution < 1.29 is 4.79 Å². The van der Waals surface area contributed by atoms with Crippen LogP contribution in [0.2, 0.25) is 0 Å². The maximum absolute atomic E-state index is 12.9. The van der Waals surface area contributed by atoms with Crippen molar-refractivity contribution >= 4 is 52.3 Å². The van der Waals surface area contributed by atoms with E-state index in [1.165, 1.54) is 9.71 Å². The fourth-order valence-corrected chi connectivity index (χ4v) is 5.32. The summed E-state index contributed by atoms with van der Waals surface area (Å²) >= 11 is 1.78. The molecule has 1 amide bonds. The van der Waals surface area contributed by atoms with Crippen LogP contribution in [0, 0.1) is 0 Å². The normalized spacial score (nSPS) is 18.1. The average Bonchev–Trinajstić information content (AvgIpc) is 3.41. The maximum atomic E-state index is 12.9. The van der Waals surface area contributed by atoms with Crippen molar-refractivity contribution in [2.45, 2.75) is 37.6 Å². The Morgan fingerprint density at radius 2 is 1.80 bits per heavy atom. The van der Waals surface area contributed by atoms with Crippen LogP contribution in [0.25, 0.3) is 10.2 Å². The van der Waals surface area contributed by atoms with Gasteiger partial charge in [0.15, 0.2) is 5.69 Å². The number of para-hydroxylation sites is 1. The third-order valence-corrected chi connectivity index (χ3v) is 7.05. The highest BCUT2D eigenvalue weighted by molar-refractivity contribution is 7.18. The van der Waals surface area contributed by atoms with E-state index in [9.17, 15) is 4.79 Å². The molecule has 0 spiro atoms. The summed E-state index contributed by atoms with van der Waals surface area (Å²) in [4.78, 5) is 19.6. The minimum Gasteiger partial charge on any atom is -0.337 e. The Morgan fingerprint density at radius 3 is 2.53 bits per heavy atom. The van der Waals surface area contributed by atoms with Crippen LogP contribution in [0.5, 0.6) is 0 Å². The Bertz CT molecular complexity index is 946. The zero-order valence-electron chi connectivity index (χ0n) is 16.6. The molecule has 5 rings (SSSR count). The van der Waals surface area contributed by atoms with Crippen LogP contribution in [-0.4, -0.2) is 57.0 Å². The number of rotatable bonds is 3. The average molecular weight is 469 g/mol. The van der Waals surface area contributed by atoms with Gasteiger partial charge < -0.3 is 10.2 Å². The van der Waals surface area contributed by atoms with Gasteiger partial charge in [-0.3, -0.25) is 4.79 Å². The molecular weight excluding hydrogens is 443 g/mol. The summed E-state index contributed by atoms with van der Waals surface area (Å²) in [5, 5.41) is 12.9. The minimum atomic E-state index is 0. The Morgan fingerprint density at radius 1 is 1.07 bits per heavy atom. The molecule has 2 fully saturated rings. The SMILES string of the molecule is Cl.Cl.O=C(c1cn(C2CCNCC2)nn1)N1CCC(c2nc3ccccc3s2)CC1. The van der Waals surface area contributed by atoms with Crippen molar-refractivity contribution in [3.05, 3.63) is 41.2 Å². The third kappa shape index (κ3) is 4.61. The van der Waals surface area contributed by atoms with Gasteiger partial charge in [-0.1, -0.05) is 17.3 Å². The third-order valence-electron chi connectivity index (χ3n) is 5.85. The van der Waals surface area contributed by atoms with Gasteiger partial charge in [-0.25, -0.2) is 9.67 Å². The lowest BCUT2D eigenvalue weighted by Crippen LogP contribution is -2.38. The fraction of sp³-hybridized carbons (Fsp3) is 0.500. The van der Waals surface area contributed by atoms with Crippen molar-refractivity contribution in [2.75, 3.05) is 26.2 Å². The minimum absolute atomic E-state index is 0. The highest BCUT2D eigenvalue weighted by Gasteiger charge is 2.28. The van der Waals surface area contributed by atoms with Crippen LogP contribution in [0.1, 0.15) is 53.1 Å². The van der Waals surface area contributed by atoms with Crippen LogP contribution >= 0.6 is 36.2 Å². The Kier molecular flexibility index (Phi) is 7.68. The number of benzene rings is 1. The molecule has 2 aliphatic heterocycles. The highest BCUT2D eigenvalue weighted by atomic mass is 35.5. The zero-order valence-corrected chi connectivity index (χ0v) is 19.0. The van der Waals surface area contributed by atoms with Crippen molar-refractivity contribution in [1.82, 2.24) is 30.2 Å². The monoisotopic (exact) mass is 468 g/mol. The van der Waals surface area contributed by atoms with Gasteiger partial charge in [0.25, 0.3) is 5.91 Å². The van der Waals surface area contributed by atoms with Crippen LogP contribution in [-0.2, 0) is 0 Å². The van der Waals surface area contributed by atoms with Gasteiger partial charge >= 0.3 is 0 Å². The van der Waals surface area contributed by atoms with E-state index < -0.39 is 0 Å². The number of aromatic nitrogens is 4. The highest BCUT2D eigenvalue weighted by Crippen LogP contribution is 2.34. The van der Waals surface area contributed by atoms with Crippen molar-refractivity contribution in [3.8, 4) is 0 Å². The number of fused-ring (bicyclic) bond motifs is 1. The van der Waals surface area contributed by atoms with Gasteiger partial charge in [0.1, 0.15) is 0 Å². The number of carbonyl (C=O) groups excluding carboxylic acids is 1. The number of nitrogens with one attached hydrogen (secondary N) is 1. The second kappa shape index (κ2) is 10.0. The number of nitrogens with zero attached hydrogens (tertiary/aromatic N) is 5. The van der Waals surface area contributed by atoms with E-state index in [1.807, 2.05) is 21.8 Å². The number of carbonyl (C=O) groups is 1. The number of halogens is 2. The molecule has 2 aliphatic rings. The molecule has 4 heterocycles. The van der Waals surface area contributed by atoms with Gasteiger partial charge in [0.05, 0.1) is 27.5 Å². The predicted octanol–water partition coefficient (Wildman–Crippen LogP) is 3.68. The molecule has 0 unspecified atom stereocenters. The van der Waals surface area contributed by atoms with E-state index in [0.717, 1.165) is 57.4 Å². The number of thiazole rings is 1. The second-order valence-electron chi connectivity index (χ2n) is 7.65. The molecule has 2 saturated heterocycles. The first kappa shape index (κ1) is 22.9. The van der Waals surface area contributed by atoms with Crippen LogP contribution in [0.4, 0.5) is 0 Å². The Balaban J connectivity index is 0.00000128. The molecule has 0 radical (unpaired) electrons. The van der Waals surface area contributed by atoms with Crippen LogP contribution < -0.4 is 5.32 Å². The maximum Gasteiger partial charge on any atom is 0.276 e. The molecule has 1 N–H and O–H groups in total. The van der Waals surface area contributed by atoms with E-state index in [-0.39, 0.29) is 30.7 Å². The van der Waals surface area contributed by atoms with Gasteiger partial charge in [-0.2, -0.15) is 0 Å². The van der Waals surface area contributed by atoms with Crippen LogP contribution in [0.3, 0.4) is 0 Å². The van der Waals surface area contributed by atoms with Gasteiger partial charge in [0.2, 0.25) is 0 Å². The summed E-state index contributed by atoms with van der Waals surface area (Å²) in [5.74, 6) is 0.440. The Labute approximate surface area is 192 Å². The summed E-state index contributed by atoms with van der Waals surface area (Å²) in [6.07, 6.45) is 5.80. The number of likely N-dealkylation sites (tertiary alicyclic amines) is 1. The summed E-state index contributed by atoms with van der Waals surface area (Å²) in [6, 6.07) is 8.63. The largest absolute Gasteiger partial charge is 0.337 e. The first-order chi connectivity index (χ1) is 13.8. The smallest absolute Gasteiger partial charge is 0.276 e. The van der Waals surface area contributed by atoms with E-state index >= 15 is 0 Å². The Hall–Kier alpha value is -1.74. The fourth-order valence-electron chi connectivity index (χ4n) is 4.18. The molecule has 7 nitrogen and oxygen atoms in total. The first-order valence-electron chi connectivity index (χ1n) is 10.1. The lowest BCUT2D eigenvalue weighted by molar-refractivity contribution is 0.0707. The van der Waals surface area contributed by atoms with Gasteiger partial charge in [-0.15, -0.1) is 41.2 Å². The number of hydrogen-bond donors (Lipinski definition) is 1. The quantitative estimate of drug-likeness (QED) is 0.634. The standard InChI is InChI=1S/C20H24N6OS.2ClH/c27-20(17-13-26(24-23-17)15-5-9-21-10-6-15)25-11-7-14(8-12-25)19-22-16-3-1-2-4-18(16)28-19;;/h1-4,13-15,21H,5-12H2;2*1H. The van der Waals surface area contributed by atoms with E-state index in [0.29, 0.717) is 17.7 Å². The zero-order chi connectivity index (χ0) is 18.9. The summed E-state index contributed by atoms with van der Waals surface area (Å²) in [5.41, 5.74) is 1.55. The predicted molar refractivity (Wildman–Crippen MR) is 123 cm³/mol. The molecule has 0 saturated carbocycles. The van der Waals surface area contributed by atoms with E-state index in [2.05, 4.69) is 33.8 Å². The number of hydrogen-bond acceptors (Lipinski definition) is 6. The lowest BCUT2D eigenvalue weighted by Gasteiger charge is -2.30. The molecule has 0 atom stereocenters. The van der Waals surface area contributed by atoms with Gasteiger partial charge in [-0.05, 0) is 50.9 Å². The molecular formula is C20H26Cl2N6OS. The van der Waals surface area contributed by atoms with E-state index in [4.69, 9.17) is 4.98 Å². The molecule has 0 bridgehead atoms. The first-order valence-corrected chi connectivity index (χ1v) is 10.9. The molecule has 0 aliphatic carbocycles. The van der Waals surface area contributed by atoms with E-state index in [1.54, 1.807) is 11.3 Å². The molecule has 3 aromatic rings. The van der Waals surface area contributed by atoms with Crippen molar-refractivity contribution in [3.63, 3.8) is 0 Å². The molecule has 2 aromatic heterocycles. The second-order valence-corrected chi connectivity index (χ2v) is 8.71. The molecule has 10 heteroatoms. The lowest BCUT2D eigenvalue weighted by atomic mass is 9.97. The number of amides is 1. The number of piperidine rings is 2. The van der Waals surface area contributed by atoms with Crippen LogP contribution in [0.15, 0.2) is 30.5 Å². The van der Waals surface area contributed by atoms with Crippen molar-refractivity contribution in [2.24, 2.45) is 0 Å². The summed E-state index contributed by atoms with van der Waals surface area (Å²) in [7, 11) is 0. The molecule has 30 heavy (non-hydrogen) atoms. The summed E-state index contributed by atoms with van der Waals surface area (Å²) in [6.45, 7) is 3.49.